The molecule has 2 aromatic rings. The van der Waals surface area contributed by atoms with E-state index in [0.29, 0.717) is 30.6 Å². The quantitative estimate of drug-likeness (QED) is 0.679. The molecule has 1 aromatic carbocycles. The summed E-state index contributed by atoms with van der Waals surface area (Å²) in [5.74, 6) is 2.06. The first-order valence-corrected chi connectivity index (χ1v) is 7.69. The first kappa shape index (κ1) is 16.8. The van der Waals surface area contributed by atoms with Crippen molar-refractivity contribution in [2.24, 2.45) is 0 Å². The molecular weight excluding hydrogens is 294 g/mol. The van der Waals surface area contributed by atoms with Crippen LogP contribution in [-0.2, 0) is 13.1 Å². The number of nitrogens with one attached hydrogen (secondary N) is 1. The predicted molar refractivity (Wildman–Crippen MR) is 88.7 cm³/mol. The maximum atomic E-state index is 5.55. The van der Waals surface area contributed by atoms with E-state index >= 15 is 0 Å². The molecule has 2 rings (SSSR count). The van der Waals surface area contributed by atoms with Gasteiger partial charge in [0, 0.05) is 13.1 Å². The van der Waals surface area contributed by atoms with E-state index in [-0.39, 0.29) is 0 Å². The number of aromatic nitrogens is 4. The van der Waals surface area contributed by atoms with E-state index in [1.165, 1.54) is 0 Å². The van der Waals surface area contributed by atoms with E-state index in [0.717, 1.165) is 24.9 Å². The number of aryl methyl sites for hydroxylation is 1. The normalized spacial score (nSPS) is 10.3. The Kier molecular flexibility index (Phi) is 6.40. The zero-order chi connectivity index (χ0) is 16.5. The Labute approximate surface area is 136 Å². The molecule has 0 saturated heterocycles. The lowest BCUT2D eigenvalue weighted by Gasteiger charge is -2.12. The van der Waals surface area contributed by atoms with Crippen LogP contribution in [0.1, 0.15) is 25.3 Å². The van der Waals surface area contributed by atoms with Gasteiger partial charge in [-0.1, -0.05) is 37.2 Å². The highest BCUT2D eigenvalue weighted by Gasteiger charge is 2.08. The van der Waals surface area contributed by atoms with Crippen molar-refractivity contribution in [1.29, 1.82) is 0 Å². The van der Waals surface area contributed by atoms with Crippen LogP contribution in [0.5, 0.6) is 11.5 Å². The van der Waals surface area contributed by atoms with Crippen LogP contribution in [0.3, 0.4) is 0 Å². The number of methoxy groups -OCH3 is 1. The number of rotatable bonds is 10. The van der Waals surface area contributed by atoms with Crippen molar-refractivity contribution in [3.63, 3.8) is 0 Å². The van der Waals surface area contributed by atoms with Gasteiger partial charge in [0.25, 0.3) is 0 Å². The van der Waals surface area contributed by atoms with E-state index in [4.69, 9.17) is 9.47 Å². The second-order valence-electron chi connectivity index (χ2n) is 5.02. The SMILES string of the molecule is C=CCOc1ccc(CNc2nnnn2CCCC)cc1OC. The Bertz CT molecular complexity index is 627. The fourth-order valence-electron chi connectivity index (χ4n) is 2.06. The van der Waals surface area contributed by atoms with Crippen LogP contribution in [0.4, 0.5) is 5.95 Å². The number of hydrogen-bond acceptors (Lipinski definition) is 6. The van der Waals surface area contributed by atoms with E-state index in [1.807, 2.05) is 18.2 Å². The molecule has 23 heavy (non-hydrogen) atoms. The lowest BCUT2D eigenvalue weighted by Crippen LogP contribution is -2.09. The van der Waals surface area contributed by atoms with Gasteiger partial charge in [-0.15, -0.1) is 0 Å². The van der Waals surface area contributed by atoms with E-state index in [1.54, 1.807) is 17.9 Å². The van der Waals surface area contributed by atoms with Gasteiger partial charge in [0.2, 0.25) is 5.95 Å². The van der Waals surface area contributed by atoms with Gasteiger partial charge in [-0.2, -0.15) is 0 Å². The Morgan fingerprint density at radius 3 is 2.96 bits per heavy atom. The minimum atomic E-state index is 0.445. The molecule has 1 heterocycles. The largest absolute Gasteiger partial charge is 0.493 e. The van der Waals surface area contributed by atoms with Crippen LogP contribution >= 0.6 is 0 Å². The summed E-state index contributed by atoms with van der Waals surface area (Å²) >= 11 is 0. The van der Waals surface area contributed by atoms with Gasteiger partial charge in [-0.3, -0.25) is 0 Å². The number of nitrogens with zero attached hydrogens (tertiary/aromatic N) is 4. The number of anilines is 1. The highest BCUT2D eigenvalue weighted by Crippen LogP contribution is 2.28. The molecule has 0 bridgehead atoms. The fourth-order valence-corrected chi connectivity index (χ4v) is 2.06. The molecule has 0 amide bonds. The lowest BCUT2D eigenvalue weighted by molar-refractivity contribution is 0.326. The van der Waals surface area contributed by atoms with Crippen molar-refractivity contribution in [1.82, 2.24) is 20.2 Å². The third-order valence-electron chi connectivity index (χ3n) is 3.29. The van der Waals surface area contributed by atoms with Crippen molar-refractivity contribution < 1.29 is 9.47 Å². The molecule has 7 heteroatoms. The molecule has 0 saturated carbocycles. The number of hydrogen-bond donors (Lipinski definition) is 1. The summed E-state index contributed by atoms with van der Waals surface area (Å²) < 4.78 is 12.7. The van der Waals surface area contributed by atoms with Gasteiger partial charge in [0.15, 0.2) is 11.5 Å². The maximum Gasteiger partial charge on any atom is 0.243 e. The zero-order valence-corrected chi connectivity index (χ0v) is 13.7. The molecule has 0 aliphatic heterocycles. The molecule has 0 aliphatic carbocycles. The predicted octanol–water partition coefficient (Wildman–Crippen LogP) is 2.66. The summed E-state index contributed by atoms with van der Waals surface area (Å²) in [4.78, 5) is 0. The highest BCUT2D eigenvalue weighted by atomic mass is 16.5. The Morgan fingerprint density at radius 2 is 2.22 bits per heavy atom. The average molecular weight is 317 g/mol. The van der Waals surface area contributed by atoms with Gasteiger partial charge in [0.1, 0.15) is 6.61 Å². The molecule has 0 unspecified atom stereocenters. The Balaban J connectivity index is 2.00. The van der Waals surface area contributed by atoms with Crippen LogP contribution in [0, 0.1) is 0 Å². The van der Waals surface area contributed by atoms with Crippen LogP contribution in [0.2, 0.25) is 0 Å². The second-order valence-corrected chi connectivity index (χ2v) is 5.02. The lowest BCUT2D eigenvalue weighted by atomic mass is 10.2. The van der Waals surface area contributed by atoms with Gasteiger partial charge in [-0.05, 0) is 34.5 Å². The molecule has 1 aromatic heterocycles. The third-order valence-corrected chi connectivity index (χ3v) is 3.29. The summed E-state index contributed by atoms with van der Waals surface area (Å²) in [5, 5.41) is 15.0. The zero-order valence-electron chi connectivity index (χ0n) is 13.7. The van der Waals surface area contributed by atoms with Crippen molar-refractivity contribution in [2.75, 3.05) is 19.0 Å². The molecular formula is C16H23N5O2. The summed E-state index contributed by atoms with van der Waals surface area (Å²) in [6.07, 6.45) is 3.84. The topological polar surface area (TPSA) is 74.1 Å². The Hall–Kier alpha value is -2.57. The van der Waals surface area contributed by atoms with Crippen molar-refractivity contribution in [3.8, 4) is 11.5 Å². The van der Waals surface area contributed by atoms with E-state index in [9.17, 15) is 0 Å². The van der Waals surface area contributed by atoms with Gasteiger partial charge >= 0.3 is 0 Å². The molecule has 0 atom stereocenters. The first-order valence-electron chi connectivity index (χ1n) is 7.69. The molecule has 0 aliphatic rings. The van der Waals surface area contributed by atoms with Crippen LogP contribution < -0.4 is 14.8 Å². The third kappa shape index (κ3) is 4.70. The molecule has 7 nitrogen and oxygen atoms in total. The highest BCUT2D eigenvalue weighted by molar-refractivity contribution is 5.44. The minimum Gasteiger partial charge on any atom is -0.493 e. The standard InChI is InChI=1S/C16H23N5O2/c1-4-6-9-21-16(18-19-20-21)17-12-13-7-8-14(23-10-5-2)15(11-13)22-3/h5,7-8,11H,2,4,6,9-10,12H2,1,3H3,(H,17,18,20). The second kappa shape index (κ2) is 8.77. The van der Waals surface area contributed by atoms with Crippen molar-refractivity contribution in [3.05, 3.63) is 36.4 Å². The average Bonchev–Trinajstić information content (AvgIpc) is 3.03. The van der Waals surface area contributed by atoms with Crippen LogP contribution in [0.15, 0.2) is 30.9 Å². The molecule has 0 fully saturated rings. The summed E-state index contributed by atoms with van der Waals surface area (Å²) in [5.41, 5.74) is 1.05. The minimum absolute atomic E-state index is 0.445. The van der Waals surface area contributed by atoms with Crippen LogP contribution in [-0.4, -0.2) is 33.9 Å². The Morgan fingerprint density at radius 1 is 1.35 bits per heavy atom. The summed E-state index contributed by atoms with van der Waals surface area (Å²) in [6.45, 7) is 7.63. The summed E-state index contributed by atoms with van der Waals surface area (Å²) in [7, 11) is 1.62. The smallest absolute Gasteiger partial charge is 0.243 e. The van der Waals surface area contributed by atoms with Crippen molar-refractivity contribution >= 4 is 5.95 Å². The molecule has 124 valence electrons. The number of tetrazole rings is 1. The monoisotopic (exact) mass is 317 g/mol. The first-order chi connectivity index (χ1) is 11.3. The molecule has 1 N–H and O–H groups in total. The maximum absolute atomic E-state index is 5.55. The van der Waals surface area contributed by atoms with E-state index in [2.05, 4.69) is 34.3 Å². The molecule has 0 radical (unpaired) electrons. The fraction of sp³-hybridized carbons (Fsp3) is 0.438. The van der Waals surface area contributed by atoms with E-state index < -0.39 is 0 Å². The number of ether oxygens (including phenoxy) is 2. The number of unbranched alkanes of at least 4 members (excludes halogenated alkanes) is 1. The van der Waals surface area contributed by atoms with Crippen molar-refractivity contribution in [2.45, 2.75) is 32.9 Å². The van der Waals surface area contributed by atoms with Gasteiger partial charge in [-0.25, -0.2) is 4.68 Å². The summed E-state index contributed by atoms with van der Waals surface area (Å²) in [6, 6.07) is 5.80. The van der Waals surface area contributed by atoms with Gasteiger partial charge in [0.05, 0.1) is 7.11 Å². The number of benzene rings is 1. The van der Waals surface area contributed by atoms with Crippen LogP contribution in [0.25, 0.3) is 0 Å². The van der Waals surface area contributed by atoms with Gasteiger partial charge < -0.3 is 14.8 Å². The molecule has 0 spiro atoms.